The molecule has 0 radical (unpaired) electrons. The second-order valence-corrected chi connectivity index (χ2v) is 4.86. The van der Waals surface area contributed by atoms with Crippen LogP contribution in [0.2, 0.25) is 5.02 Å². The van der Waals surface area contributed by atoms with Crippen molar-refractivity contribution in [3.63, 3.8) is 0 Å². The van der Waals surface area contributed by atoms with Crippen LogP contribution < -0.4 is 0 Å². The van der Waals surface area contributed by atoms with Gasteiger partial charge >= 0.3 is 0 Å². The Morgan fingerprint density at radius 3 is 2.67 bits per heavy atom. The molecule has 0 fully saturated rings. The molecule has 0 saturated heterocycles. The molecule has 6 nitrogen and oxygen atoms in total. The number of nitro groups is 1. The van der Waals surface area contributed by atoms with Crippen molar-refractivity contribution in [3.8, 4) is 6.07 Å². The van der Waals surface area contributed by atoms with Gasteiger partial charge < -0.3 is 5.11 Å². The molecule has 1 rings (SSSR count). The molecule has 1 aromatic carbocycles. The third-order valence-corrected chi connectivity index (χ3v) is 3.30. The van der Waals surface area contributed by atoms with E-state index in [-0.39, 0.29) is 10.6 Å². The van der Waals surface area contributed by atoms with E-state index >= 15 is 0 Å². The fourth-order valence-corrected chi connectivity index (χ4v) is 1.81. The number of ketones is 1. The van der Waals surface area contributed by atoms with Gasteiger partial charge in [-0.05, 0) is 18.6 Å². The summed E-state index contributed by atoms with van der Waals surface area (Å²) in [5.41, 5.74) is -1.17. The van der Waals surface area contributed by atoms with Gasteiger partial charge in [0.05, 0.1) is 10.5 Å². The minimum Gasteiger partial charge on any atom is -0.506 e. The number of nitriles is 1. The molecule has 1 atom stereocenters. The van der Waals surface area contributed by atoms with E-state index in [9.17, 15) is 20.0 Å². The largest absolute Gasteiger partial charge is 0.506 e. The van der Waals surface area contributed by atoms with E-state index in [0.29, 0.717) is 6.42 Å². The van der Waals surface area contributed by atoms with Gasteiger partial charge in [0.1, 0.15) is 11.6 Å². The standard InChI is InChI=1S/C14H13ClN2O4/c1-3-8(2)13(18)11(7-16)14(19)10-5-4-9(15)6-12(10)17(20)21/h4-6,8,19H,3H2,1-2H3. The molecule has 0 bridgehead atoms. The van der Waals surface area contributed by atoms with Gasteiger partial charge in [0.15, 0.2) is 11.5 Å². The predicted molar refractivity (Wildman–Crippen MR) is 77.7 cm³/mol. The van der Waals surface area contributed by atoms with Crippen molar-refractivity contribution in [2.75, 3.05) is 0 Å². The van der Waals surface area contributed by atoms with Crippen molar-refractivity contribution < 1.29 is 14.8 Å². The summed E-state index contributed by atoms with van der Waals surface area (Å²) < 4.78 is 0. The Hall–Kier alpha value is -2.39. The highest BCUT2D eigenvalue weighted by Crippen LogP contribution is 2.30. The fraction of sp³-hybridized carbons (Fsp3) is 0.286. The number of carbonyl (C=O) groups is 1. The molecule has 0 aliphatic heterocycles. The topological polar surface area (TPSA) is 104 Å². The zero-order chi connectivity index (χ0) is 16.2. The Balaban J connectivity index is 3.50. The van der Waals surface area contributed by atoms with E-state index < -0.39 is 33.6 Å². The van der Waals surface area contributed by atoms with Gasteiger partial charge in [-0.1, -0.05) is 25.4 Å². The average molecular weight is 309 g/mol. The molecule has 0 aromatic heterocycles. The van der Waals surface area contributed by atoms with Crippen molar-refractivity contribution in [1.29, 1.82) is 5.26 Å². The number of Topliss-reactive ketones (excluding diaryl/α,β-unsaturated/α-hetero) is 1. The van der Waals surface area contributed by atoms with Crippen LogP contribution in [0.3, 0.4) is 0 Å². The van der Waals surface area contributed by atoms with Gasteiger partial charge in [-0.3, -0.25) is 14.9 Å². The number of rotatable bonds is 5. The van der Waals surface area contributed by atoms with Crippen LogP contribution in [0.5, 0.6) is 0 Å². The van der Waals surface area contributed by atoms with Crippen molar-refractivity contribution >= 4 is 28.8 Å². The van der Waals surface area contributed by atoms with E-state index in [1.54, 1.807) is 19.9 Å². The smallest absolute Gasteiger partial charge is 0.281 e. The summed E-state index contributed by atoms with van der Waals surface area (Å²) >= 11 is 5.68. The first-order valence-corrected chi connectivity index (χ1v) is 6.53. The summed E-state index contributed by atoms with van der Waals surface area (Å²) in [6, 6.07) is 5.21. The van der Waals surface area contributed by atoms with E-state index in [1.165, 1.54) is 12.1 Å². The summed E-state index contributed by atoms with van der Waals surface area (Å²) in [5, 5.41) is 30.3. The molecule has 21 heavy (non-hydrogen) atoms. The van der Waals surface area contributed by atoms with Crippen molar-refractivity contribution in [1.82, 2.24) is 0 Å². The van der Waals surface area contributed by atoms with Gasteiger partial charge in [0.25, 0.3) is 5.69 Å². The number of nitro benzene ring substituents is 1. The summed E-state index contributed by atoms with van der Waals surface area (Å²) in [5.74, 6) is -1.72. The molecule has 0 heterocycles. The molecule has 0 spiro atoms. The van der Waals surface area contributed by atoms with E-state index in [2.05, 4.69) is 0 Å². The lowest BCUT2D eigenvalue weighted by Gasteiger charge is -2.09. The van der Waals surface area contributed by atoms with Gasteiger partial charge in [0, 0.05) is 17.0 Å². The van der Waals surface area contributed by atoms with Crippen molar-refractivity contribution in [3.05, 3.63) is 44.5 Å². The van der Waals surface area contributed by atoms with Crippen LogP contribution in [0, 0.1) is 27.4 Å². The molecule has 1 aromatic rings. The SMILES string of the molecule is CCC(C)C(=O)C(C#N)=C(O)c1ccc(Cl)cc1[N+](=O)[O-]. The van der Waals surface area contributed by atoms with Gasteiger partial charge in [-0.15, -0.1) is 0 Å². The zero-order valence-electron chi connectivity index (χ0n) is 11.5. The summed E-state index contributed by atoms with van der Waals surface area (Å²) in [6.07, 6.45) is 0.486. The van der Waals surface area contributed by atoms with Crippen LogP contribution in [-0.4, -0.2) is 15.8 Å². The lowest BCUT2D eigenvalue weighted by atomic mass is 9.95. The number of allylic oxidation sites excluding steroid dienone is 1. The molecule has 1 unspecified atom stereocenters. The first kappa shape index (κ1) is 16.7. The lowest BCUT2D eigenvalue weighted by molar-refractivity contribution is -0.385. The number of halogens is 1. The predicted octanol–water partition coefficient (Wildman–Crippen LogP) is 3.66. The van der Waals surface area contributed by atoms with E-state index in [0.717, 1.165) is 6.07 Å². The van der Waals surface area contributed by atoms with Crippen molar-refractivity contribution in [2.45, 2.75) is 20.3 Å². The third kappa shape index (κ3) is 3.58. The number of hydrogen-bond acceptors (Lipinski definition) is 5. The maximum atomic E-state index is 12.0. The van der Waals surface area contributed by atoms with Gasteiger partial charge in [-0.2, -0.15) is 5.26 Å². The number of benzene rings is 1. The highest BCUT2D eigenvalue weighted by atomic mass is 35.5. The molecule has 110 valence electrons. The molecule has 0 aliphatic carbocycles. The second kappa shape index (κ2) is 6.86. The van der Waals surface area contributed by atoms with E-state index in [4.69, 9.17) is 16.9 Å². The monoisotopic (exact) mass is 308 g/mol. The quantitative estimate of drug-likeness (QED) is 0.294. The van der Waals surface area contributed by atoms with Gasteiger partial charge in [-0.25, -0.2) is 0 Å². The van der Waals surface area contributed by atoms with Crippen LogP contribution in [0.15, 0.2) is 23.8 Å². The summed E-state index contributed by atoms with van der Waals surface area (Å²) in [6.45, 7) is 3.38. The molecule has 0 aliphatic rings. The first-order chi connectivity index (χ1) is 9.83. The number of nitrogens with zero attached hydrogens (tertiary/aromatic N) is 2. The number of aliphatic hydroxyl groups excluding tert-OH is 1. The van der Waals surface area contributed by atoms with Crippen LogP contribution in [0.25, 0.3) is 5.76 Å². The maximum absolute atomic E-state index is 12.0. The molecule has 7 heteroatoms. The highest BCUT2D eigenvalue weighted by Gasteiger charge is 2.25. The Morgan fingerprint density at radius 1 is 1.57 bits per heavy atom. The maximum Gasteiger partial charge on any atom is 0.281 e. The zero-order valence-corrected chi connectivity index (χ0v) is 12.2. The fourth-order valence-electron chi connectivity index (χ4n) is 1.65. The van der Waals surface area contributed by atoms with Crippen LogP contribution in [0.1, 0.15) is 25.8 Å². The summed E-state index contributed by atoms with van der Waals surface area (Å²) in [4.78, 5) is 22.3. The molecular formula is C14H13ClN2O4. The number of aliphatic hydroxyl groups is 1. The third-order valence-electron chi connectivity index (χ3n) is 3.07. The minimum absolute atomic E-state index is 0.116. The number of hydrogen-bond donors (Lipinski definition) is 1. The molecule has 1 N–H and O–H groups in total. The Labute approximate surface area is 126 Å². The molecule has 0 amide bonds. The van der Waals surface area contributed by atoms with Crippen LogP contribution >= 0.6 is 11.6 Å². The minimum atomic E-state index is -0.736. The van der Waals surface area contributed by atoms with Gasteiger partial charge in [0.2, 0.25) is 0 Å². The van der Waals surface area contributed by atoms with E-state index in [1.807, 2.05) is 0 Å². The normalized spacial score (nSPS) is 13.0. The Kier molecular flexibility index (Phi) is 5.44. The van der Waals surface area contributed by atoms with Crippen molar-refractivity contribution in [2.24, 2.45) is 5.92 Å². The lowest BCUT2D eigenvalue weighted by Crippen LogP contribution is -2.14. The van der Waals surface area contributed by atoms with Crippen LogP contribution in [0.4, 0.5) is 5.69 Å². The molecule has 0 saturated carbocycles. The number of carbonyl (C=O) groups excluding carboxylic acids is 1. The first-order valence-electron chi connectivity index (χ1n) is 6.15. The molecular weight excluding hydrogens is 296 g/mol. The Bertz CT molecular complexity index is 661. The van der Waals surface area contributed by atoms with Crippen LogP contribution in [-0.2, 0) is 4.79 Å². The highest BCUT2D eigenvalue weighted by molar-refractivity contribution is 6.30. The second-order valence-electron chi connectivity index (χ2n) is 4.43. The average Bonchev–Trinajstić information content (AvgIpc) is 2.46. The summed E-state index contributed by atoms with van der Waals surface area (Å²) in [7, 11) is 0. The Morgan fingerprint density at radius 2 is 2.19 bits per heavy atom.